The Morgan fingerprint density at radius 3 is 2.58 bits per heavy atom. The van der Waals surface area contributed by atoms with Crippen LogP contribution in [0.15, 0.2) is 24.3 Å². The number of hydrogen-bond donors (Lipinski definition) is 0. The fourth-order valence-electron chi connectivity index (χ4n) is 1.68. The van der Waals surface area contributed by atoms with Gasteiger partial charge in [0, 0.05) is 23.7 Å². The molecule has 19 heavy (non-hydrogen) atoms. The van der Waals surface area contributed by atoms with E-state index >= 15 is 0 Å². The minimum atomic E-state index is 0.0669. The third kappa shape index (κ3) is 4.45. The number of carbonyl (C=O) groups is 1. The van der Waals surface area contributed by atoms with Crippen LogP contribution in [0, 0.1) is 0 Å². The Labute approximate surface area is 127 Å². The lowest BCUT2D eigenvalue weighted by Crippen LogP contribution is -2.38. The van der Waals surface area contributed by atoms with Crippen molar-refractivity contribution in [1.29, 1.82) is 0 Å². The highest BCUT2D eigenvalue weighted by molar-refractivity contribution is 8.23. The summed E-state index contributed by atoms with van der Waals surface area (Å²) in [6.45, 7) is 3.01. The molecule has 1 aliphatic rings. The molecule has 1 aromatic carbocycles. The topological polar surface area (TPSA) is 29.5 Å². The highest BCUT2D eigenvalue weighted by Crippen LogP contribution is 2.15. The van der Waals surface area contributed by atoms with E-state index in [-0.39, 0.29) is 5.78 Å². The predicted octanol–water partition coefficient (Wildman–Crippen LogP) is 2.87. The number of halogens is 1. The molecule has 2 rings (SSSR count). The summed E-state index contributed by atoms with van der Waals surface area (Å²) in [6, 6.07) is 6.92. The molecule has 0 bridgehead atoms. The Bertz CT molecular complexity index is 458. The monoisotopic (exact) mass is 315 g/mol. The third-order valence-corrected chi connectivity index (χ3v) is 4.54. The lowest BCUT2D eigenvalue weighted by atomic mass is 10.1. The average Bonchev–Trinajstić information content (AvgIpc) is 2.46. The fourth-order valence-corrected chi connectivity index (χ4v) is 2.96. The SMILES string of the molecule is O=C(CSC(=S)N1CCOCC1)c1ccc(Cl)cc1. The Balaban J connectivity index is 1.82. The summed E-state index contributed by atoms with van der Waals surface area (Å²) in [4.78, 5) is 14.1. The minimum absolute atomic E-state index is 0.0669. The molecule has 0 aliphatic carbocycles. The summed E-state index contributed by atoms with van der Waals surface area (Å²) in [5, 5.41) is 0.632. The molecule has 0 spiro atoms. The van der Waals surface area contributed by atoms with Gasteiger partial charge in [-0.05, 0) is 24.3 Å². The number of rotatable bonds is 3. The van der Waals surface area contributed by atoms with Crippen molar-refractivity contribution in [3.05, 3.63) is 34.9 Å². The van der Waals surface area contributed by atoms with Crippen LogP contribution in [0.2, 0.25) is 5.02 Å². The van der Waals surface area contributed by atoms with Crippen molar-refractivity contribution in [2.24, 2.45) is 0 Å². The highest BCUT2D eigenvalue weighted by Gasteiger charge is 2.15. The Kier molecular flexibility index (Phi) is 5.63. The van der Waals surface area contributed by atoms with E-state index in [1.807, 2.05) is 0 Å². The second kappa shape index (κ2) is 7.24. The second-order valence-electron chi connectivity index (χ2n) is 4.08. The van der Waals surface area contributed by atoms with Gasteiger partial charge in [-0.2, -0.15) is 0 Å². The summed E-state index contributed by atoms with van der Waals surface area (Å²) in [7, 11) is 0. The van der Waals surface area contributed by atoms with Gasteiger partial charge >= 0.3 is 0 Å². The molecule has 6 heteroatoms. The lowest BCUT2D eigenvalue weighted by molar-refractivity contribution is 0.0702. The first-order chi connectivity index (χ1) is 9.16. The number of Topliss-reactive ketones (excluding diaryl/α,β-unsaturated/α-hetero) is 1. The number of thioether (sulfide) groups is 1. The summed E-state index contributed by atoms with van der Waals surface area (Å²) in [5.41, 5.74) is 0.668. The maximum Gasteiger partial charge on any atom is 0.173 e. The Morgan fingerprint density at radius 2 is 1.95 bits per heavy atom. The van der Waals surface area contributed by atoms with Gasteiger partial charge in [0.1, 0.15) is 4.32 Å². The minimum Gasteiger partial charge on any atom is -0.378 e. The van der Waals surface area contributed by atoms with Gasteiger partial charge in [0.25, 0.3) is 0 Å². The van der Waals surface area contributed by atoms with Gasteiger partial charge in [-0.25, -0.2) is 0 Å². The first-order valence-electron chi connectivity index (χ1n) is 5.95. The zero-order chi connectivity index (χ0) is 13.7. The van der Waals surface area contributed by atoms with E-state index in [1.165, 1.54) is 11.8 Å². The molecule has 0 aromatic heterocycles. The number of hydrogen-bond acceptors (Lipinski definition) is 4. The molecular weight excluding hydrogens is 302 g/mol. The van der Waals surface area contributed by atoms with Gasteiger partial charge in [0.2, 0.25) is 0 Å². The Hall–Kier alpha value is -0.620. The van der Waals surface area contributed by atoms with E-state index in [0.717, 1.165) is 17.4 Å². The molecule has 1 fully saturated rings. The van der Waals surface area contributed by atoms with Crippen molar-refractivity contribution < 1.29 is 9.53 Å². The van der Waals surface area contributed by atoms with E-state index in [2.05, 4.69) is 4.90 Å². The third-order valence-electron chi connectivity index (χ3n) is 2.76. The largest absolute Gasteiger partial charge is 0.378 e. The van der Waals surface area contributed by atoms with Gasteiger partial charge in [0.05, 0.1) is 19.0 Å². The van der Waals surface area contributed by atoms with Crippen LogP contribution in [0.5, 0.6) is 0 Å². The summed E-state index contributed by atoms with van der Waals surface area (Å²) < 4.78 is 6.04. The molecule has 1 aliphatic heterocycles. The van der Waals surface area contributed by atoms with Crippen molar-refractivity contribution in [2.75, 3.05) is 32.1 Å². The molecule has 0 amide bonds. The summed E-state index contributed by atoms with van der Waals surface area (Å²) in [5.74, 6) is 0.426. The lowest BCUT2D eigenvalue weighted by Gasteiger charge is -2.28. The van der Waals surface area contributed by atoms with Crippen LogP contribution in [0.25, 0.3) is 0 Å². The summed E-state index contributed by atoms with van der Waals surface area (Å²) in [6.07, 6.45) is 0. The first-order valence-corrected chi connectivity index (χ1v) is 7.72. The van der Waals surface area contributed by atoms with E-state index in [1.54, 1.807) is 24.3 Å². The number of morpholine rings is 1. The van der Waals surface area contributed by atoms with E-state index in [4.69, 9.17) is 28.6 Å². The molecule has 0 atom stereocenters. The first kappa shape index (κ1) is 14.8. The smallest absolute Gasteiger partial charge is 0.173 e. The van der Waals surface area contributed by atoms with Crippen LogP contribution in [-0.2, 0) is 4.74 Å². The van der Waals surface area contributed by atoms with Crippen molar-refractivity contribution >= 4 is 45.7 Å². The molecule has 0 unspecified atom stereocenters. The predicted molar refractivity (Wildman–Crippen MR) is 83.2 cm³/mol. The highest BCUT2D eigenvalue weighted by atomic mass is 35.5. The maximum atomic E-state index is 12.0. The second-order valence-corrected chi connectivity index (χ2v) is 6.13. The van der Waals surface area contributed by atoms with Crippen LogP contribution in [0.1, 0.15) is 10.4 Å². The van der Waals surface area contributed by atoms with Gasteiger partial charge in [-0.3, -0.25) is 4.79 Å². The van der Waals surface area contributed by atoms with E-state index < -0.39 is 0 Å². The molecule has 1 saturated heterocycles. The van der Waals surface area contributed by atoms with Crippen molar-refractivity contribution in [3.8, 4) is 0 Å². The molecule has 0 N–H and O–H groups in total. The Morgan fingerprint density at radius 1 is 1.32 bits per heavy atom. The molecular formula is C13H14ClNO2S2. The quantitative estimate of drug-likeness (QED) is 0.632. The summed E-state index contributed by atoms with van der Waals surface area (Å²) >= 11 is 12.5. The average molecular weight is 316 g/mol. The van der Waals surface area contributed by atoms with E-state index in [9.17, 15) is 4.79 Å². The van der Waals surface area contributed by atoms with Crippen LogP contribution in [0.4, 0.5) is 0 Å². The zero-order valence-electron chi connectivity index (χ0n) is 10.3. The number of thiocarbonyl (C=S) groups is 1. The van der Waals surface area contributed by atoms with Crippen LogP contribution >= 0.6 is 35.6 Å². The number of ether oxygens (including phenoxy) is 1. The van der Waals surface area contributed by atoms with Gasteiger partial charge < -0.3 is 9.64 Å². The zero-order valence-corrected chi connectivity index (χ0v) is 12.7. The van der Waals surface area contributed by atoms with Gasteiger partial charge in [-0.1, -0.05) is 35.6 Å². The normalized spacial score (nSPS) is 15.3. The van der Waals surface area contributed by atoms with Crippen molar-refractivity contribution in [1.82, 2.24) is 4.90 Å². The van der Waals surface area contributed by atoms with Crippen LogP contribution in [-0.4, -0.2) is 47.1 Å². The molecule has 0 saturated carbocycles. The van der Waals surface area contributed by atoms with Gasteiger partial charge in [-0.15, -0.1) is 0 Å². The number of benzene rings is 1. The van der Waals surface area contributed by atoms with Crippen LogP contribution in [0.3, 0.4) is 0 Å². The number of nitrogens with zero attached hydrogens (tertiary/aromatic N) is 1. The molecule has 1 aromatic rings. The van der Waals surface area contributed by atoms with E-state index in [0.29, 0.717) is 29.6 Å². The van der Waals surface area contributed by atoms with Crippen LogP contribution < -0.4 is 0 Å². The van der Waals surface area contributed by atoms with Gasteiger partial charge in [0.15, 0.2) is 5.78 Å². The molecule has 1 heterocycles. The van der Waals surface area contributed by atoms with Crippen molar-refractivity contribution in [2.45, 2.75) is 0 Å². The number of ketones is 1. The number of carbonyl (C=O) groups excluding carboxylic acids is 1. The molecule has 3 nitrogen and oxygen atoms in total. The van der Waals surface area contributed by atoms with Crippen molar-refractivity contribution in [3.63, 3.8) is 0 Å². The standard InChI is InChI=1S/C13H14ClNO2S2/c14-11-3-1-10(2-4-11)12(16)9-19-13(18)15-5-7-17-8-6-15/h1-4H,5-9H2. The maximum absolute atomic E-state index is 12.0. The fraction of sp³-hybridized carbons (Fsp3) is 0.385. The molecule has 0 radical (unpaired) electrons. The molecule has 102 valence electrons.